The van der Waals surface area contributed by atoms with Crippen LogP contribution in [0.5, 0.6) is 11.5 Å². The third-order valence-electron chi connectivity index (χ3n) is 5.31. The zero-order valence-electron chi connectivity index (χ0n) is 19.3. The fraction of sp³-hybridized carbons (Fsp3) is 0.615. The van der Waals surface area contributed by atoms with Gasteiger partial charge in [-0.3, -0.25) is 0 Å². The average molecular weight is 431 g/mol. The van der Waals surface area contributed by atoms with E-state index >= 15 is 0 Å². The summed E-state index contributed by atoms with van der Waals surface area (Å²) >= 11 is 0. The topological polar surface area (TPSA) is 44.2 Å². The average Bonchev–Trinajstić information content (AvgIpc) is 2.80. The third kappa shape index (κ3) is 10.6. The van der Waals surface area contributed by atoms with Crippen molar-refractivity contribution in [3.63, 3.8) is 0 Å². The summed E-state index contributed by atoms with van der Waals surface area (Å²) in [5.41, 5.74) is 0.945. The first-order valence-corrected chi connectivity index (χ1v) is 12.0. The van der Waals surface area contributed by atoms with Crippen LogP contribution >= 0.6 is 0 Å². The summed E-state index contributed by atoms with van der Waals surface area (Å²) < 4.78 is 25.3. The highest BCUT2D eigenvalue weighted by Gasteiger charge is 2.06. The predicted molar refractivity (Wildman–Crippen MR) is 125 cm³/mol. The number of alkyl halides is 1. The van der Waals surface area contributed by atoms with E-state index in [0.717, 1.165) is 50.0 Å². The van der Waals surface area contributed by atoms with Gasteiger partial charge in [-0.1, -0.05) is 52.4 Å². The number of rotatable bonds is 17. The second kappa shape index (κ2) is 15.6. The summed E-state index contributed by atoms with van der Waals surface area (Å²) in [4.78, 5) is 8.81. The third-order valence-corrected chi connectivity index (χ3v) is 5.31. The van der Waals surface area contributed by atoms with E-state index in [2.05, 4.69) is 23.8 Å². The minimum atomic E-state index is -0.674. The molecule has 0 saturated carbocycles. The van der Waals surface area contributed by atoms with Gasteiger partial charge < -0.3 is 9.47 Å². The van der Waals surface area contributed by atoms with Gasteiger partial charge in [-0.25, -0.2) is 14.4 Å². The van der Waals surface area contributed by atoms with Crippen molar-refractivity contribution < 1.29 is 13.9 Å². The molecule has 0 fully saturated rings. The van der Waals surface area contributed by atoms with E-state index in [-0.39, 0.29) is 0 Å². The highest BCUT2D eigenvalue weighted by molar-refractivity contribution is 5.56. The molecule has 31 heavy (non-hydrogen) atoms. The molecule has 0 saturated heterocycles. The predicted octanol–water partition coefficient (Wildman–Crippen LogP) is 7.57. The molecule has 4 nitrogen and oxygen atoms in total. The summed E-state index contributed by atoms with van der Waals surface area (Å²) in [6.07, 6.45) is 13.8. The summed E-state index contributed by atoms with van der Waals surface area (Å²) in [5.74, 6) is 2.18. The Kier molecular flexibility index (Phi) is 12.6. The van der Waals surface area contributed by atoms with Crippen LogP contribution in [0.2, 0.25) is 0 Å². The Balaban J connectivity index is 1.64. The number of hydrogen-bond donors (Lipinski definition) is 0. The lowest BCUT2D eigenvalue weighted by Gasteiger charge is -2.09. The van der Waals surface area contributed by atoms with Crippen LogP contribution in [0.1, 0.15) is 84.5 Å². The Hall–Kier alpha value is -2.17. The molecular weight excluding hydrogens is 391 g/mol. The van der Waals surface area contributed by atoms with E-state index in [9.17, 15) is 4.39 Å². The fourth-order valence-electron chi connectivity index (χ4n) is 3.38. The molecule has 1 atom stereocenters. The monoisotopic (exact) mass is 430 g/mol. The van der Waals surface area contributed by atoms with Crippen molar-refractivity contribution in [2.75, 3.05) is 13.2 Å². The van der Waals surface area contributed by atoms with Gasteiger partial charge in [-0.05, 0) is 56.4 Å². The maximum atomic E-state index is 13.8. The first kappa shape index (κ1) is 25.1. The van der Waals surface area contributed by atoms with E-state index in [1.54, 1.807) is 12.4 Å². The minimum absolute atomic E-state index is 0.565. The van der Waals surface area contributed by atoms with Crippen LogP contribution in [-0.4, -0.2) is 29.4 Å². The molecule has 0 aliphatic heterocycles. The number of aromatic nitrogens is 2. The molecule has 1 aromatic heterocycles. The molecule has 0 radical (unpaired) electrons. The van der Waals surface area contributed by atoms with E-state index < -0.39 is 6.17 Å². The maximum Gasteiger partial charge on any atom is 0.159 e. The zero-order valence-corrected chi connectivity index (χ0v) is 19.3. The quantitative estimate of drug-likeness (QED) is 0.243. The SMILES string of the molecule is CCCCCC[C@H](F)CCCCOc1cnc(-c2ccc(OCCCCC)cc2)nc1. The number of benzene rings is 1. The highest BCUT2D eigenvalue weighted by Crippen LogP contribution is 2.21. The van der Waals surface area contributed by atoms with E-state index in [1.165, 1.54) is 25.7 Å². The van der Waals surface area contributed by atoms with E-state index in [1.807, 2.05) is 24.3 Å². The molecule has 1 heterocycles. The minimum Gasteiger partial charge on any atom is -0.494 e. The molecule has 2 aromatic rings. The van der Waals surface area contributed by atoms with Crippen molar-refractivity contribution in [3.8, 4) is 22.9 Å². The van der Waals surface area contributed by atoms with Gasteiger partial charge in [-0.15, -0.1) is 0 Å². The number of hydrogen-bond acceptors (Lipinski definition) is 4. The largest absolute Gasteiger partial charge is 0.494 e. The van der Waals surface area contributed by atoms with Gasteiger partial charge in [0.2, 0.25) is 0 Å². The molecule has 2 rings (SSSR count). The van der Waals surface area contributed by atoms with Crippen LogP contribution < -0.4 is 9.47 Å². The van der Waals surface area contributed by atoms with Crippen LogP contribution in [-0.2, 0) is 0 Å². The molecular formula is C26H39FN2O2. The molecule has 5 heteroatoms. The molecule has 0 bridgehead atoms. The standard InChI is InChI=1S/C26H39FN2O2/c1-3-5-7-8-12-23(27)13-9-11-19-31-25-20-28-26(29-21-25)22-14-16-24(17-15-22)30-18-10-6-4-2/h14-17,20-21,23H,3-13,18-19H2,1-2H3/t23-/m0/s1. The summed E-state index contributed by atoms with van der Waals surface area (Å²) in [5, 5.41) is 0. The molecule has 0 unspecified atom stereocenters. The first-order chi connectivity index (χ1) is 15.2. The number of nitrogens with zero attached hydrogens (tertiary/aromatic N) is 2. The Morgan fingerprint density at radius 2 is 1.26 bits per heavy atom. The van der Waals surface area contributed by atoms with Gasteiger partial charge in [0.05, 0.1) is 25.6 Å². The molecule has 0 amide bonds. The van der Waals surface area contributed by atoms with Crippen molar-refractivity contribution in [2.24, 2.45) is 0 Å². The maximum absolute atomic E-state index is 13.8. The Morgan fingerprint density at radius 3 is 1.90 bits per heavy atom. The van der Waals surface area contributed by atoms with Gasteiger partial charge in [0.1, 0.15) is 11.9 Å². The van der Waals surface area contributed by atoms with E-state index in [0.29, 0.717) is 31.0 Å². The normalized spacial score (nSPS) is 12.0. The molecule has 0 aliphatic carbocycles. The van der Waals surface area contributed by atoms with Crippen molar-refractivity contribution in [3.05, 3.63) is 36.7 Å². The van der Waals surface area contributed by atoms with Crippen molar-refractivity contribution in [2.45, 2.75) is 90.6 Å². The van der Waals surface area contributed by atoms with Crippen molar-refractivity contribution >= 4 is 0 Å². The molecule has 0 aliphatic rings. The Morgan fingerprint density at radius 1 is 0.710 bits per heavy atom. The van der Waals surface area contributed by atoms with Crippen LogP contribution in [0.25, 0.3) is 11.4 Å². The lowest BCUT2D eigenvalue weighted by molar-refractivity contribution is 0.260. The number of halogens is 1. The molecule has 0 spiro atoms. The zero-order chi connectivity index (χ0) is 22.2. The number of unbranched alkanes of at least 4 members (excludes halogenated alkanes) is 6. The fourth-order valence-corrected chi connectivity index (χ4v) is 3.38. The van der Waals surface area contributed by atoms with Crippen molar-refractivity contribution in [1.82, 2.24) is 9.97 Å². The summed E-state index contributed by atoms with van der Waals surface area (Å²) in [6, 6.07) is 7.86. The smallest absolute Gasteiger partial charge is 0.159 e. The van der Waals surface area contributed by atoms with Crippen LogP contribution in [0.15, 0.2) is 36.7 Å². The van der Waals surface area contributed by atoms with Gasteiger partial charge in [0.25, 0.3) is 0 Å². The van der Waals surface area contributed by atoms with Crippen LogP contribution in [0.4, 0.5) is 4.39 Å². The first-order valence-electron chi connectivity index (χ1n) is 12.0. The highest BCUT2D eigenvalue weighted by atomic mass is 19.1. The lowest BCUT2D eigenvalue weighted by atomic mass is 10.1. The molecule has 0 N–H and O–H groups in total. The lowest BCUT2D eigenvalue weighted by Crippen LogP contribution is -2.03. The van der Waals surface area contributed by atoms with Gasteiger partial charge in [-0.2, -0.15) is 0 Å². The number of ether oxygens (including phenoxy) is 2. The van der Waals surface area contributed by atoms with Gasteiger partial charge in [0, 0.05) is 5.56 Å². The van der Waals surface area contributed by atoms with Crippen LogP contribution in [0, 0.1) is 0 Å². The Bertz CT molecular complexity index is 692. The summed E-state index contributed by atoms with van der Waals surface area (Å²) in [7, 11) is 0. The Labute approximate surface area is 187 Å². The van der Waals surface area contributed by atoms with Crippen molar-refractivity contribution in [1.29, 1.82) is 0 Å². The van der Waals surface area contributed by atoms with Gasteiger partial charge in [0.15, 0.2) is 11.6 Å². The molecule has 172 valence electrons. The second-order valence-electron chi connectivity index (χ2n) is 8.11. The second-order valence-corrected chi connectivity index (χ2v) is 8.11. The molecule has 1 aromatic carbocycles. The van der Waals surface area contributed by atoms with E-state index in [4.69, 9.17) is 9.47 Å². The summed E-state index contributed by atoms with van der Waals surface area (Å²) in [6.45, 7) is 5.67. The van der Waals surface area contributed by atoms with Crippen LogP contribution in [0.3, 0.4) is 0 Å². The van der Waals surface area contributed by atoms with Gasteiger partial charge >= 0.3 is 0 Å².